The van der Waals surface area contributed by atoms with Crippen LogP contribution in [-0.4, -0.2) is 87.5 Å². The first kappa shape index (κ1) is 83.4. The number of ether oxygens (including phenoxy) is 2. The van der Waals surface area contributed by atoms with Crippen LogP contribution in [0.15, 0.2) is 85.1 Å². The first-order chi connectivity index (χ1) is 43.3. The molecule has 0 bridgehead atoms. The Labute approximate surface area is 543 Å². The van der Waals surface area contributed by atoms with Gasteiger partial charge in [-0.25, -0.2) is 0 Å². The van der Waals surface area contributed by atoms with Crippen molar-refractivity contribution in [3.8, 4) is 0 Å². The van der Waals surface area contributed by atoms with Gasteiger partial charge in [-0.15, -0.1) is 0 Å². The van der Waals surface area contributed by atoms with Gasteiger partial charge in [-0.3, -0.25) is 4.79 Å². The van der Waals surface area contributed by atoms with Crippen LogP contribution in [0.1, 0.15) is 354 Å². The Balaban J connectivity index is 2.07. The highest BCUT2D eigenvalue weighted by Crippen LogP contribution is 2.23. The molecular weight excluding hydrogens is 1090 g/mol. The highest BCUT2D eigenvalue weighted by atomic mass is 16.7. The molecule has 0 saturated carbocycles. The number of carbonyl (C=O) groups excluding carboxylic acids is 1. The van der Waals surface area contributed by atoms with Crippen molar-refractivity contribution in [2.24, 2.45) is 0 Å². The molecule has 6 N–H and O–H groups in total. The third-order valence-corrected chi connectivity index (χ3v) is 17.7. The summed E-state index contributed by atoms with van der Waals surface area (Å²) in [6.07, 6.45) is 90.1. The Morgan fingerprint density at radius 2 is 0.716 bits per heavy atom. The van der Waals surface area contributed by atoms with E-state index in [2.05, 4.69) is 92.1 Å². The third kappa shape index (κ3) is 55.0. The number of nitrogens with one attached hydrogen (secondary N) is 1. The van der Waals surface area contributed by atoms with Crippen LogP contribution < -0.4 is 5.32 Å². The lowest BCUT2D eigenvalue weighted by Gasteiger charge is -2.40. The average Bonchev–Trinajstić information content (AvgIpc) is 3.31. The number of amides is 1. The van der Waals surface area contributed by atoms with Gasteiger partial charge in [0.15, 0.2) is 6.29 Å². The minimum atomic E-state index is -1.57. The lowest BCUT2D eigenvalue weighted by atomic mass is 9.99. The highest BCUT2D eigenvalue weighted by Gasteiger charge is 2.44. The molecule has 1 fully saturated rings. The van der Waals surface area contributed by atoms with Crippen LogP contribution in [0.3, 0.4) is 0 Å². The number of carbonyl (C=O) groups is 1. The third-order valence-electron chi connectivity index (χ3n) is 17.7. The topological polar surface area (TPSA) is 149 Å². The zero-order valence-electron chi connectivity index (χ0n) is 57.5. The predicted octanol–water partition coefficient (Wildman–Crippen LogP) is 21.3. The van der Waals surface area contributed by atoms with E-state index in [4.69, 9.17) is 9.47 Å². The number of hydrogen-bond donors (Lipinski definition) is 6. The van der Waals surface area contributed by atoms with Crippen LogP contribution >= 0.6 is 0 Å². The van der Waals surface area contributed by atoms with Crippen molar-refractivity contribution in [3.63, 3.8) is 0 Å². The minimum Gasteiger partial charge on any atom is -0.394 e. The monoisotopic (exact) mass is 1230 g/mol. The predicted molar refractivity (Wildman–Crippen MR) is 378 cm³/mol. The summed E-state index contributed by atoms with van der Waals surface area (Å²) in [5, 5.41) is 54.8. The number of hydrogen-bond acceptors (Lipinski definition) is 8. The largest absolute Gasteiger partial charge is 0.394 e. The van der Waals surface area contributed by atoms with E-state index in [1.54, 1.807) is 6.08 Å². The second kappa shape index (κ2) is 67.3. The van der Waals surface area contributed by atoms with Crippen LogP contribution in [0.2, 0.25) is 0 Å². The molecule has 0 aromatic rings. The van der Waals surface area contributed by atoms with Gasteiger partial charge in [0.2, 0.25) is 5.91 Å². The Morgan fingerprint density at radius 1 is 0.398 bits per heavy atom. The maximum Gasteiger partial charge on any atom is 0.220 e. The van der Waals surface area contributed by atoms with Crippen molar-refractivity contribution >= 4 is 5.91 Å². The van der Waals surface area contributed by atoms with Gasteiger partial charge < -0.3 is 40.3 Å². The van der Waals surface area contributed by atoms with E-state index in [0.29, 0.717) is 6.42 Å². The van der Waals surface area contributed by atoms with E-state index in [1.807, 2.05) is 6.08 Å². The average molecular weight is 1240 g/mol. The first-order valence-electron chi connectivity index (χ1n) is 37.8. The molecule has 7 atom stereocenters. The molecule has 1 heterocycles. The van der Waals surface area contributed by atoms with Crippen LogP contribution in [0.5, 0.6) is 0 Å². The quantitative estimate of drug-likeness (QED) is 0.0261. The molecule has 512 valence electrons. The SMILES string of the molecule is CC/C=C\C/C=C\C/C=C\C/C=C\C/C=C\CCCCCCCCCCCCCCCCCCCCCCCCCCCC(=O)NC(COC1OC(CO)C(O)C(O)C1O)C(O)/C=C/CC/C=C/CCCCCCCCCCCCCCCCCCCC. The van der Waals surface area contributed by atoms with Gasteiger partial charge in [-0.1, -0.05) is 356 Å². The van der Waals surface area contributed by atoms with Gasteiger partial charge in [0.1, 0.15) is 24.4 Å². The van der Waals surface area contributed by atoms with Crippen molar-refractivity contribution in [2.75, 3.05) is 13.2 Å². The minimum absolute atomic E-state index is 0.181. The summed E-state index contributed by atoms with van der Waals surface area (Å²) in [5.74, 6) is -0.181. The summed E-state index contributed by atoms with van der Waals surface area (Å²) in [7, 11) is 0. The summed E-state index contributed by atoms with van der Waals surface area (Å²) in [5.41, 5.74) is 0. The van der Waals surface area contributed by atoms with E-state index in [-0.39, 0.29) is 12.5 Å². The van der Waals surface area contributed by atoms with E-state index < -0.39 is 49.5 Å². The standard InChI is InChI=1S/C79H143NO8/c1-3-5-7-9-11-13-15-17-19-21-23-25-27-29-30-31-32-33-34-35-36-37-38-39-40-41-42-43-44-45-47-49-51-53-55-57-59-61-63-65-67-69-75(83)80-72(71-87-79-78(86)77(85)76(84)74(70-81)88-79)73(82)68-66-64-62-60-58-56-54-52-50-48-46-28-26-24-22-20-18-16-14-12-10-8-6-4-2/h5,7,11,13,17,19,23,25,29-30,58,60,66,68,72-74,76-79,81-82,84-86H,3-4,6,8-10,12,14-16,18,20-22,24,26-28,31-57,59,61-65,67,69-71H2,1-2H3,(H,80,83)/b7-5-,13-11-,19-17-,25-23-,30-29-,60-58+,68-66+. The molecule has 0 aliphatic carbocycles. The molecule has 1 amide bonds. The number of aliphatic hydroxyl groups excluding tert-OH is 5. The molecule has 0 radical (unpaired) electrons. The summed E-state index contributed by atoms with van der Waals surface area (Å²) in [4.78, 5) is 13.1. The van der Waals surface area contributed by atoms with E-state index in [0.717, 1.165) is 70.6 Å². The van der Waals surface area contributed by atoms with Crippen molar-refractivity contribution < 1.29 is 39.8 Å². The number of allylic oxidation sites excluding steroid dienone is 13. The fourth-order valence-electron chi connectivity index (χ4n) is 11.9. The Bertz CT molecular complexity index is 1670. The first-order valence-corrected chi connectivity index (χ1v) is 37.8. The van der Waals surface area contributed by atoms with Crippen LogP contribution in [0.4, 0.5) is 0 Å². The van der Waals surface area contributed by atoms with E-state index >= 15 is 0 Å². The molecule has 9 nitrogen and oxygen atoms in total. The molecule has 0 spiro atoms. The zero-order chi connectivity index (χ0) is 63.5. The number of unbranched alkanes of at least 4 members (excludes halogenated alkanes) is 44. The second-order valence-corrected chi connectivity index (χ2v) is 26.1. The van der Waals surface area contributed by atoms with Crippen molar-refractivity contribution in [1.82, 2.24) is 5.32 Å². The lowest BCUT2D eigenvalue weighted by Crippen LogP contribution is -2.60. The maximum atomic E-state index is 13.1. The summed E-state index contributed by atoms with van der Waals surface area (Å²) < 4.78 is 11.3. The Hall–Kier alpha value is -2.63. The smallest absolute Gasteiger partial charge is 0.220 e. The maximum absolute atomic E-state index is 13.1. The molecule has 0 aromatic heterocycles. The fourth-order valence-corrected chi connectivity index (χ4v) is 11.9. The van der Waals surface area contributed by atoms with Crippen LogP contribution in [0.25, 0.3) is 0 Å². The molecule has 7 unspecified atom stereocenters. The molecule has 0 aromatic carbocycles. The molecular formula is C79H143NO8. The van der Waals surface area contributed by atoms with E-state index in [9.17, 15) is 30.3 Å². The van der Waals surface area contributed by atoms with Crippen molar-refractivity contribution in [1.29, 1.82) is 0 Å². The summed E-state index contributed by atoms with van der Waals surface area (Å²) in [6, 6.07) is -0.824. The molecule has 1 rings (SSSR count). The van der Waals surface area contributed by atoms with Gasteiger partial charge >= 0.3 is 0 Å². The highest BCUT2D eigenvalue weighted by molar-refractivity contribution is 5.76. The summed E-state index contributed by atoms with van der Waals surface area (Å²) in [6.45, 7) is 3.69. The molecule has 1 aliphatic rings. The number of aliphatic hydroxyl groups is 5. The molecule has 1 saturated heterocycles. The zero-order valence-corrected chi connectivity index (χ0v) is 57.5. The summed E-state index contributed by atoms with van der Waals surface area (Å²) >= 11 is 0. The van der Waals surface area contributed by atoms with Gasteiger partial charge in [-0.05, 0) is 77.0 Å². The Kier molecular flexibility index (Phi) is 63.7. The van der Waals surface area contributed by atoms with Gasteiger partial charge in [-0.2, -0.15) is 0 Å². The van der Waals surface area contributed by atoms with Crippen LogP contribution in [-0.2, 0) is 14.3 Å². The van der Waals surface area contributed by atoms with Gasteiger partial charge in [0, 0.05) is 6.42 Å². The van der Waals surface area contributed by atoms with Gasteiger partial charge in [0.05, 0.1) is 25.4 Å². The van der Waals surface area contributed by atoms with E-state index in [1.165, 1.54) is 263 Å². The van der Waals surface area contributed by atoms with Crippen molar-refractivity contribution in [3.05, 3.63) is 85.1 Å². The second-order valence-electron chi connectivity index (χ2n) is 26.1. The Morgan fingerprint density at radius 3 is 1.09 bits per heavy atom. The van der Waals surface area contributed by atoms with Crippen LogP contribution in [0, 0.1) is 0 Å². The molecule has 88 heavy (non-hydrogen) atoms. The van der Waals surface area contributed by atoms with Crippen molar-refractivity contribution in [2.45, 2.75) is 397 Å². The molecule has 9 heteroatoms. The lowest BCUT2D eigenvalue weighted by molar-refractivity contribution is -0.302. The normalized spacial score (nSPS) is 18.4. The number of rotatable bonds is 66. The van der Waals surface area contributed by atoms with Gasteiger partial charge in [0.25, 0.3) is 0 Å². The molecule has 1 aliphatic heterocycles. The fraction of sp³-hybridized carbons (Fsp3) is 0.810.